The summed E-state index contributed by atoms with van der Waals surface area (Å²) in [5.41, 5.74) is 8.85. The molecule has 2 aromatic rings. The number of anilines is 2. The summed E-state index contributed by atoms with van der Waals surface area (Å²) < 4.78 is 5.27. The summed E-state index contributed by atoms with van der Waals surface area (Å²) in [5.74, 6) is 0.390. The van der Waals surface area contributed by atoms with Crippen LogP contribution in [0.1, 0.15) is 34.6 Å². The fraction of sp³-hybridized carbons (Fsp3) is 0.286. The number of hydrogen-bond donors (Lipinski definition) is 2. The summed E-state index contributed by atoms with van der Waals surface area (Å²) in [6.45, 7) is 5.47. The molecule has 0 saturated heterocycles. The predicted molar refractivity (Wildman–Crippen MR) is 74.2 cm³/mol. The summed E-state index contributed by atoms with van der Waals surface area (Å²) in [6.07, 6.45) is 0.862. The average molecular weight is 259 g/mol. The summed E-state index contributed by atoms with van der Waals surface area (Å²) in [6, 6.07) is 5.48. The Kier molecular flexibility index (Phi) is 3.55. The van der Waals surface area contributed by atoms with E-state index in [1.165, 1.54) is 0 Å². The molecule has 1 aromatic heterocycles. The van der Waals surface area contributed by atoms with Crippen LogP contribution >= 0.6 is 0 Å². The number of oxazole rings is 1. The summed E-state index contributed by atoms with van der Waals surface area (Å²) in [7, 11) is 0. The fourth-order valence-electron chi connectivity index (χ4n) is 1.92. The smallest absolute Gasteiger partial charge is 0.293 e. The molecule has 0 spiro atoms. The first-order valence-corrected chi connectivity index (χ1v) is 6.15. The van der Waals surface area contributed by atoms with Gasteiger partial charge in [0.25, 0.3) is 5.91 Å². The molecule has 1 amide bonds. The third kappa shape index (κ3) is 2.76. The van der Waals surface area contributed by atoms with Crippen molar-refractivity contribution in [2.45, 2.75) is 27.2 Å². The lowest BCUT2D eigenvalue weighted by Gasteiger charge is -2.07. The van der Waals surface area contributed by atoms with Crippen LogP contribution in [0.5, 0.6) is 0 Å². The molecule has 0 aliphatic rings. The van der Waals surface area contributed by atoms with Crippen LogP contribution in [0.3, 0.4) is 0 Å². The molecule has 0 atom stereocenters. The van der Waals surface area contributed by atoms with Crippen LogP contribution in [0.25, 0.3) is 0 Å². The third-order valence-corrected chi connectivity index (χ3v) is 2.89. The van der Waals surface area contributed by atoms with Crippen LogP contribution in [0.15, 0.2) is 22.6 Å². The van der Waals surface area contributed by atoms with Gasteiger partial charge in [-0.3, -0.25) is 4.79 Å². The van der Waals surface area contributed by atoms with Crippen LogP contribution < -0.4 is 11.1 Å². The zero-order valence-corrected chi connectivity index (χ0v) is 11.3. The Morgan fingerprint density at radius 1 is 1.42 bits per heavy atom. The largest absolute Gasteiger partial charge is 0.436 e. The number of aryl methyl sites for hydroxylation is 3. The minimum absolute atomic E-state index is 0.232. The van der Waals surface area contributed by atoms with Crippen LogP contribution in [0.2, 0.25) is 0 Å². The van der Waals surface area contributed by atoms with Gasteiger partial charge in [-0.25, -0.2) is 4.98 Å². The van der Waals surface area contributed by atoms with Crippen LogP contribution in [-0.4, -0.2) is 10.9 Å². The molecule has 19 heavy (non-hydrogen) atoms. The Balaban J connectivity index is 2.19. The van der Waals surface area contributed by atoms with E-state index in [1.54, 1.807) is 19.9 Å². The Morgan fingerprint density at radius 3 is 2.68 bits per heavy atom. The lowest BCUT2D eigenvalue weighted by atomic mass is 10.1. The molecule has 0 bridgehead atoms. The number of rotatable bonds is 3. The molecule has 5 heteroatoms. The second-order valence-corrected chi connectivity index (χ2v) is 4.37. The normalized spacial score (nSPS) is 10.5. The molecule has 0 aliphatic carbocycles. The van der Waals surface area contributed by atoms with Gasteiger partial charge in [0, 0.05) is 18.3 Å². The molecule has 0 fully saturated rings. The van der Waals surface area contributed by atoms with E-state index in [-0.39, 0.29) is 11.7 Å². The van der Waals surface area contributed by atoms with Crippen molar-refractivity contribution in [2.75, 3.05) is 11.1 Å². The number of nitrogen functional groups attached to an aromatic ring is 1. The van der Waals surface area contributed by atoms with Gasteiger partial charge in [0.1, 0.15) is 0 Å². The number of nitrogens with two attached hydrogens (primary N) is 1. The van der Waals surface area contributed by atoms with Crippen LogP contribution in [-0.2, 0) is 6.42 Å². The van der Waals surface area contributed by atoms with Crippen molar-refractivity contribution in [2.24, 2.45) is 0 Å². The maximum atomic E-state index is 12.0. The highest BCUT2D eigenvalue weighted by atomic mass is 16.4. The van der Waals surface area contributed by atoms with Crippen LogP contribution in [0, 0.1) is 13.8 Å². The maximum Gasteiger partial charge on any atom is 0.293 e. The van der Waals surface area contributed by atoms with Crippen molar-refractivity contribution in [3.8, 4) is 0 Å². The summed E-state index contributed by atoms with van der Waals surface area (Å²) in [5, 5.41) is 2.75. The number of nitrogens with one attached hydrogen (secondary N) is 1. The molecule has 1 aromatic carbocycles. The van der Waals surface area contributed by atoms with Gasteiger partial charge in [-0.15, -0.1) is 0 Å². The van der Waals surface area contributed by atoms with Crippen LogP contribution in [0.4, 0.5) is 11.4 Å². The average Bonchev–Trinajstić information content (AvgIpc) is 2.69. The zero-order valence-electron chi connectivity index (χ0n) is 11.3. The second kappa shape index (κ2) is 5.14. The highest BCUT2D eigenvalue weighted by molar-refractivity contribution is 6.03. The van der Waals surface area contributed by atoms with E-state index in [9.17, 15) is 4.79 Å². The monoisotopic (exact) mass is 259 g/mol. The van der Waals surface area contributed by atoms with Gasteiger partial charge in [-0.2, -0.15) is 0 Å². The minimum Gasteiger partial charge on any atom is -0.436 e. The van der Waals surface area contributed by atoms with Crippen molar-refractivity contribution < 1.29 is 9.21 Å². The number of amides is 1. The quantitative estimate of drug-likeness (QED) is 0.830. The van der Waals surface area contributed by atoms with Gasteiger partial charge in [-0.1, -0.05) is 13.0 Å². The first kappa shape index (κ1) is 13.1. The number of carbonyl (C=O) groups excluding carboxylic acids is 1. The predicted octanol–water partition coefficient (Wildman–Crippen LogP) is 2.69. The SMILES string of the molecule is CCc1ccc(NC(=O)c2oc(C)nc2C)cc1N. The molecule has 2 rings (SSSR count). The van der Waals surface area contributed by atoms with E-state index in [0.717, 1.165) is 12.0 Å². The molecule has 5 nitrogen and oxygen atoms in total. The maximum absolute atomic E-state index is 12.0. The molecular weight excluding hydrogens is 242 g/mol. The van der Waals surface area contributed by atoms with Crippen molar-refractivity contribution in [3.63, 3.8) is 0 Å². The molecule has 100 valence electrons. The molecular formula is C14H17N3O2. The molecule has 0 aliphatic heterocycles. The van der Waals surface area contributed by atoms with Gasteiger partial charge in [0.2, 0.25) is 5.76 Å². The molecule has 0 radical (unpaired) electrons. The Labute approximate surface area is 111 Å². The Bertz CT molecular complexity index is 617. The molecule has 3 N–H and O–H groups in total. The second-order valence-electron chi connectivity index (χ2n) is 4.37. The zero-order chi connectivity index (χ0) is 14.0. The van der Waals surface area contributed by atoms with Crippen molar-refractivity contribution in [1.82, 2.24) is 4.98 Å². The number of carbonyl (C=O) groups is 1. The standard InChI is InChI=1S/C14H17N3O2/c1-4-10-5-6-11(7-12(10)15)17-14(18)13-8(2)16-9(3)19-13/h5-7H,4,15H2,1-3H3,(H,17,18). The number of hydrogen-bond acceptors (Lipinski definition) is 4. The number of aromatic nitrogens is 1. The highest BCUT2D eigenvalue weighted by Gasteiger charge is 2.16. The first-order chi connectivity index (χ1) is 9.01. The van der Waals surface area contributed by atoms with E-state index >= 15 is 0 Å². The fourth-order valence-corrected chi connectivity index (χ4v) is 1.92. The van der Waals surface area contributed by atoms with E-state index in [2.05, 4.69) is 10.3 Å². The van der Waals surface area contributed by atoms with Crippen molar-refractivity contribution >= 4 is 17.3 Å². The summed E-state index contributed by atoms with van der Waals surface area (Å²) in [4.78, 5) is 16.1. The van der Waals surface area contributed by atoms with Gasteiger partial charge in [-0.05, 0) is 31.0 Å². The van der Waals surface area contributed by atoms with E-state index in [1.807, 2.05) is 19.1 Å². The van der Waals surface area contributed by atoms with Gasteiger partial charge in [0.15, 0.2) is 5.89 Å². The lowest BCUT2D eigenvalue weighted by Crippen LogP contribution is -2.12. The Hall–Kier alpha value is -2.30. The molecule has 1 heterocycles. The third-order valence-electron chi connectivity index (χ3n) is 2.89. The van der Waals surface area contributed by atoms with E-state index in [4.69, 9.17) is 10.2 Å². The van der Waals surface area contributed by atoms with Crippen molar-refractivity contribution in [1.29, 1.82) is 0 Å². The van der Waals surface area contributed by atoms with Crippen molar-refractivity contribution in [3.05, 3.63) is 41.1 Å². The van der Waals surface area contributed by atoms with E-state index in [0.29, 0.717) is 23.0 Å². The highest BCUT2D eigenvalue weighted by Crippen LogP contribution is 2.19. The molecule has 0 unspecified atom stereocenters. The van der Waals surface area contributed by atoms with Gasteiger partial charge >= 0.3 is 0 Å². The Morgan fingerprint density at radius 2 is 2.16 bits per heavy atom. The number of benzene rings is 1. The van der Waals surface area contributed by atoms with Gasteiger partial charge in [0.05, 0.1) is 5.69 Å². The van der Waals surface area contributed by atoms with E-state index < -0.39 is 0 Å². The lowest BCUT2D eigenvalue weighted by molar-refractivity contribution is 0.0994. The molecule has 0 saturated carbocycles. The number of nitrogens with zero attached hydrogens (tertiary/aromatic N) is 1. The summed E-state index contributed by atoms with van der Waals surface area (Å²) >= 11 is 0. The first-order valence-electron chi connectivity index (χ1n) is 6.15. The topological polar surface area (TPSA) is 81.2 Å². The van der Waals surface area contributed by atoms with Gasteiger partial charge < -0.3 is 15.5 Å². The minimum atomic E-state index is -0.318.